The van der Waals surface area contributed by atoms with Gasteiger partial charge in [0.25, 0.3) is 5.56 Å². The van der Waals surface area contributed by atoms with Crippen molar-refractivity contribution in [2.24, 2.45) is 0 Å². The number of piperidine rings is 1. The molecule has 2 aromatic carbocycles. The number of hydrogen-bond donors (Lipinski definition) is 2. The molecule has 2 aromatic heterocycles. The van der Waals surface area contributed by atoms with E-state index in [1.54, 1.807) is 4.68 Å². The molecule has 0 unspecified atom stereocenters. The number of nitrogens with one attached hydrogen (secondary N) is 2. The van der Waals surface area contributed by atoms with Gasteiger partial charge in [-0.3, -0.25) is 4.79 Å². The topological polar surface area (TPSA) is 160 Å². The Morgan fingerprint density at radius 2 is 1.53 bits per heavy atom. The molecule has 12 nitrogen and oxygen atoms in total. The monoisotopic (exact) mass is 625 g/mol. The van der Waals surface area contributed by atoms with Gasteiger partial charge >= 0.3 is 0 Å². The third kappa shape index (κ3) is 6.14. The van der Waals surface area contributed by atoms with Crippen LogP contribution in [-0.4, -0.2) is 65.2 Å². The van der Waals surface area contributed by atoms with Gasteiger partial charge in [-0.25, -0.2) is 31.2 Å². The van der Waals surface area contributed by atoms with Crippen LogP contribution in [0.15, 0.2) is 63.1 Å². The molecule has 228 valence electrons. The van der Waals surface area contributed by atoms with E-state index in [9.17, 15) is 21.6 Å². The highest BCUT2D eigenvalue weighted by Crippen LogP contribution is 2.30. The lowest BCUT2D eigenvalue weighted by atomic mass is 9.87. The molecule has 0 bridgehead atoms. The van der Waals surface area contributed by atoms with Crippen LogP contribution >= 0.6 is 0 Å². The molecule has 1 saturated heterocycles. The van der Waals surface area contributed by atoms with Crippen molar-refractivity contribution in [3.8, 4) is 0 Å². The zero-order chi connectivity index (χ0) is 30.6. The normalized spacial score (nSPS) is 17.5. The number of aromatic nitrogens is 5. The maximum atomic E-state index is 13.3. The molecule has 2 fully saturated rings. The van der Waals surface area contributed by atoms with E-state index >= 15 is 0 Å². The van der Waals surface area contributed by atoms with Crippen LogP contribution < -0.4 is 10.3 Å². The van der Waals surface area contributed by atoms with Gasteiger partial charge in [-0.1, -0.05) is 50.3 Å². The average Bonchev–Trinajstić information content (AvgIpc) is 3.69. The van der Waals surface area contributed by atoms with Gasteiger partial charge in [0.05, 0.1) is 16.3 Å². The summed E-state index contributed by atoms with van der Waals surface area (Å²) in [6.07, 6.45) is 2.54. The molecule has 0 radical (unpaired) electrons. The Balaban J connectivity index is 1.15. The number of rotatable bonds is 8. The first-order chi connectivity index (χ1) is 20.3. The van der Waals surface area contributed by atoms with Crippen molar-refractivity contribution < 1.29 is 16.8 Å². The van der Waals surface area contributed by atoms with Crippen LogP contribution in [0.3, 0.4) is 0 Å². The lowest BCUT2D eigenvalue weighted by Crippen LogP contribution is -2.38. The van der Waals surface area contributed by atoms with Gasteiger partial charge in [0, 0.05) is 25.0 Å². The summed E-state index contributed by atoms with van der Waals surface area (Å²) in [6, 6.07) is 13.5. The summed E-state index contributed by atoms with van der Waals surface area (Å²) in [4.78, 5) is 20.5. The maximum absolute atomic E-state index is 13.3. The van der Waals surface area contributed by atoms with E-state index in [-0.39, 0.29) is 51.3 Å². The quantitative estimate of drug-likeness (QED) is 0.302. The van der Waals surface area contributed by atoms with Gasteiger partial charge in [-0.2, -0.15) is 4.31 Å². The second-order valence-electron chi connectivity index (χ2n) is 12.4. The molecule has 2 N–H and O–H groups in total. The lowest BCUT2D eigenvalue weighted by molar-refractivity contribution is 0.313. The Morgan fingerprint density at radius 3 is 2.14 bits per heavy atom. The Bertz CT molecular complexity index is 1920. The SMILES string of the molecule is CC(C)(C)c1ccc(Cn2nnc3c(=O)[nH]c(C4CCN(S(=O)(=O)c5ccc(S(=O)(=O)NC6CC6)cc5)CC4)nc32)cc1. The van der Waals surface area contributed by atoms with E-state index in [4.69, 9.17) is 4.98 Å². The fraction of sp³-hybridized carbons (Fsp3) is 0.448. The van der Waals surface area contributed by atoms with Crippen molar-refractivity contribution in [2.45, 2.75) is 80.2 Å². The van der Waals surface area contributed by atoms with Crippen LogP contribution in [-0.2, 0) is 32.0 Å². The molecule has 3 heterocycles. The van der Waals surface area contributed by atoms with Crippen LogP contribution in [0.25, 0.3) is 11.2 Å². The number of benzene rings is 2. The van der Waals surface area contributed by atoms with Gasteiger partial charge in [0.15, 0.2) is 11.2 Å². The number of nitrogens with zero attached hydrogens (tertiary/aromatic N) is 5. The maximum Gasteiger partial charge on any atom is 0.281 e. The van der Waals surface area contributed by atoms with Crippen molar-refractivity contribution >= 4 is 31.2 Å². The zero-order valence-electron chi connectivity index (χ0n) is 24.3. The minimum Gasteiger partial charge on any atom is -0.308 e. The summed E-state index contributed by atoms with van der Waals surface area (Å²) in [5, 5.41) is 8.23. The Morgan fingerprint density at radius 1 is 0.907 bits per heavy atom. The molecule has 43 heavy (non-hydrogen) atoms. The molecule has 4 aromatic rings. The first-order valence-corrected chi connectivity index (χ1v) is 17.3. The Kier molecular flexibility index (Phi) is 7.51. The third-order valence-electron chi connectivity index (χ3n) is 8.06. The zero-order valence-corrected chi connectivity index (χ0v) is 26.0. The molecule has 0 amide bonds. The first kappa shape index (κ1) is 29.6. The highest BCUT2D eigenvalue weighted by atomic mass is 32.2. The standard InChI is InChI=1S/C29H35N7O5S2/c1-29(2,3)21-6-4-19(5-7-21)18-36-27-25(32-34-36)28(37)31-26(30-27)20-14-16-35(17-15-20)43(40,41)24-12-10-23(11-13-24)42(38,39)33-22-8-9-22/h4-7,10-13,20,22,33H,8-9,14-18H2,1-3H3,(H,30,31,37). The van der Waals surface area contributed by atoms with E-state index < -0.39 is 20.0 Å². The molecule has 0 atom stereocenters. The van der Waals surface area contributed by atoms with Gasteiger partial charge in [0.2, 0.25) is 20.0 Å². The second-order valence-corrected chi connectivity index (χ2v) is 16.0. The smallest absolute Gasteiger partial charge is 0.281 e. The molecule has 2 aliphatic rings. The summed E-state index contributed by atoms with van der Waals surface area (Å²) in [6.45, 7) is 7.34. The molecular formula is C29H35N7O5S2. The van der Waals surface area contributed by atoms with Crippen molar-refractivity contribution in [2.75, 3.05) is 13.1 Å². The van der Waals surface area contributed by atoms with Crippen LogP contribution in [0.5, 0.6) is 0 Å². The van der Waals surface area contributed by atoms with Crippen molar-refractivity contribution in [3.63, 3.8) is 0 Å². The van der Waals surface area contributed by atoms with E-state index in [2.05, 4.69) is 52.9 Å². The van der Waals surface area contributed by atoms with Crippen LogP contribution in [0, 0.1) is 0 Å². The Labute approximate surface area is 250 Å². The fourth-order valence-corrected chi connectivity index (χ4v) is 8.04. The average molecular weight is 626 g/mol. The highest BCUT2D eigenvalue weighted by molar-refractivity contribution is 7.89. The van der Waals surface area contributed by atoms with Crippen molar-refractivity contribution in [1.29, 1.82) is 0 Å². The highest BCUT2D eigenvalue weighted by Gasteiger charge is 2.32. The number of aromatic amines is 1. The number of sulfonamides is 2. The van der Waals surface area contributed by atoms with Crippen LogP contribution in [0.2, 0.25) is 0 Å². The summed E-state index contributed by atoms with van der Waals surface area (Å²) in [5.41, 5.74) is 2.43. The molecular weight excluding hydrogens is 590 g/mol. The van der Waals surface area contributed by atoms with Gasteiger partial charge in [-0.15, -0.1) is 5.10 Å². The van der Waals surface area contributed by atoms with Crippen LogP contribution in [0.1, 0.15) is 69.3 Å². The summed E-state index contributed by atoms with van der Waals surface area (Å²) >= 11 is 0. The third-order valence-corrected chi connectivity index (χ3v) is 11.5. The van der Waals surface area contributed by atoms with Crippen LogP contribution in [0.4, 0.5) is 0 Å². The predicted octanol–water partition coefficient (Wildman–Crippen LogP) is 2.87. The summed E-state index contributed by atoms with van der Waals surface area (Å²) in [7, 11) is -7.50. The van der Waals surface area contributed by atoms with Gasteiger partial charge in [0.1, 0.15) is 5.82 Å². The van der Waals surface area contributed by atoms with Crippen molar-refractivity contribution in [1.82, 2.24) is 34.0 Å². The van der Waals surface area contributed by atoms with E-state index in [1.165, 1.54) is 34.1 Å². The number of H-pyrrole nitrogens is 1. The van der Waals surface area contributed by atoms with E-state index in [0.29, 0.717) is 30.9 Å². The largest absolute Gasteiger partial charge is 0.308 e. The van der Waals surface area contributed by atoms with Crippen molar-refractivity contribution in [3.05, 3.63) is 75.8 Å². The van der Waals surface area contributed by atoms with Gasteiger partial charge in [-0.05, 0) is 66.5 Å². The first-order valence-electron chi connectivity index (χ1n) is 14.4. The lowest BCUT2D eigenvalue weighted by Gasteiger charge is -2.30. The molecule has 1 aliphatic carbocycles. The molecule has 1 aliphatic heterocycles. The minimum atomic E-state index is -3.83. The molecule has 14 heteroatoms. The second kappa shape index (κ2) is 10.9. The minimum absolute atomic E-state index is 0.0368. The number of fused-ring (bicyclic) bond motifs is 1. The van der Waals surface area contributed by atoms with E-state index in [0.717, 1.165) is 18.4 Å². The summed E-state index contributed by atoms with van der Waals surface area (Å²) < 4.78 is 57.2. The number of hydrogen-bond acceptors (Lipinski definition) is 8. The van der Waals surface area contributed by atoms with Gasteiger partial charge < -0.3 is 4.98 Å². The van der Waals surface area contributed by atoms with E-state index in [1.807, 2.05) is 12.1 Å². The Hall–Kier alpha value is -3.46. The summed E-state index contributed by atoms with van der Waals surface area (Å²) in [5.74, 6) is 0.331. The molecule has 0 spiro atoms. The molecule has 1 saturated carbocycles. The predicted molar refractivity (Wildman–Crippen MR) is 161 cm³/mol. The fourth-order valence-electron chi connectivity index (χ4n) is 5.26. The molecule has 6 rings (SSSR count).